The third-order valence-electron chi connectivity index (χ3n) is 0. The van der Waals surface area contributed by atoms with Crippen LogP contribution in [0.2, 0.25) is 0 Å². The number of hydrogen-bond acceptors (Lipinski definition) is 2. The van der Waals surface area contributed by atoms with Crippen molar-refractivity contribution in [3.05, 3.63) is 7.43 Å². The first kappa shape index (κ1) is 17.0. The SMILES string of the molecule is C#C.[CH3-].[O]=[Re]=[O]. The third-order valence-corrected chi connectivity index (χ3v) is 0. The van der Waals surface area contributed by atoms with Crippen LogP contribution in [0.3, 0.4) is 0 Å². The van der Waals surface area contributed by atoms with Crippen LogP contribution in [0.1, 0.15) is 0 Å². The molecule has 0 amide bonds. The molecule has 0 atom stereocenters. The second-order valence-electron chi connectivity index (χ2n) is 0.0630. The summed E-state index contributed by atoms with van der Waals surface area (Å²) in [5.41, 5.74) is 0. The molecular formula is C3H5O2Re-. The van der Waals surface area contributed by atoms with E-state index in [1.165, 1.54) is 0 Å². The molecule has 0 aromatic carbocycles. The molecule has 0 spiro atoms. The molecule has 0 aliphatic rings. The zero-order chi connectivity index (χ0) is 4.71. The van der Waals surface area contributed by atoms with Crippen molar-refractivity contribution in [1.82, 2.24) is 0 Å². The molecule has 0 N–H and O–H groups in total. The van der Waals surface area contributed by atoms with Crippen LogP contribution in [0.25, 0.3) is 0 Å². The first-order valence-electron chi connectivity index (χ1n) is 0.642. The van der Waals surface area contributed by atoms with Crippen LogP contribution in [0.5, 0.6) is 0 Å². The molecule has 0 aromatic rings. The maximum absolute atomic E-state index is 8.53. The van der Waals surface area contributed by atoms with Crippen molar-refractivity contribution < 1.29 is 24.8 Å². The molecule has 0 aromatic heterocycles. The van der Waals surface area contributed by atoms with E-state index in [1.54, 1.807) is 0 Å². The van der Waals surface area contributed by atoms with E-state index in [9.17, 15) is 0 Å². The average molecular weight is 259 g/mol. The predicted molar refractivity (Wildman–Crippen MR) is 17.7 cm³/mol. The molecule has 0 saturated carbocycles. The Morgan fingerprint density at radius 3 is 1.17 bits per heavy atom. The van der Waals surface area contributed by atoms with Gasteiger partial charge in [-0.25, -0.2) is 0 Å². The van der Waals surface area contributed by atoms with Crippen molar-refractivity contribution in [3.8, 4) is 12.8 Å². The van der Waals surface area contributed by atoms with Crippen LogP contribution in [-0.2, 0) is 24.8 Å². The molecule has 37 valence electrons. The van der Waals surface area contributed by atoms with Crippen LogP contribution in [0.15, 0.2) is 0 Å². The van der Waals surface area contributed by atoms with Crippen molar-refractivity contribution in [2.75, 3.05) is 0 Å². The predicted octanol–water partition coefficient (Wildman–Crippen LogP) is 0.460. The van der Waals surface area contributed by atoms with Gasteiger partial charge in [0, 0.05) is 0 Å². The van der Waals surface area contributed by atoms with Crippen LogP contribution >= 0.6 is 0 Å². The fraction of sp³-hybridized carbons (Fsp3) is 0. The molecule has 6 heavy (non-hydrogen) atoms. The average Bonchev–Trinajstić information content (AvgIpc) is 1.46. The van der Waals surface area contributed by atoms with Crippen molar-refractivity contribution in [3.63, 3.8) is 0 Å². The Bertz CT molecular complexity index is 51.1. The van der Waals surface area contributed by atoms with Gasteiger partial charge in [-0.15, -0.1) is 12.8 Å². The van der Waals surface area contributed by atoms with Gasteiger partial charge in [0.2, 0.25) is 0 Å². The standard InChI is InChI=1S/C2H2.CH3.2O.Re/c1-2;;;;/h1-2H;1H3;;;/q;-1;;;. The normalized spacial score (nSPS) is 2.33. The van der Waals surface area contributed by atoms with Gasteiger partial charge in [0.1, 0.15) is 0 Å². The fourth-order valence-electron chi connectivity index (χ4n) is 0. The fourth-order valence-corrected chi connectivity index (χ4v) is 0. The summed E-state index contributed by atoms with van der Waals surface area (Å²) in [5.74, 6) is 0. The number of terminal acetylenes is 1. The Labute approximate surface area is 45.7 Å². The summed E-state index contributed by atoms with van der Waals surface area (Å²) in [7, 11) is 0. The van der Waals surface area contributed by atoms with Gasteiger partial charge in [-0.05, 0) is 0 Å². The van der Waals surface area contributed by atoms with Gasteiger partial charge < -0.3 is 7.43 Å². The van der Waals surface area contributed by atoms with Gasteiger partial charge in [0.15, 0.2) is 0 Å². The minimum absolute atomic E-state index is 0. The van der Waals surface area contributed by atoms with E-state index in [2.05, 4.69) is 12.8 Å². The monoisotopic (exact) mass is 260 g/mol. The first-order chi connectivity index (χ1) is 2.41. The van der Waals surface area contributed by atoms with Gasteiger partial charge in [0.05, 0.1) is 0 Å². The van der Waals surface area contributed by atoms with Crippen molar-refractivity contribution in [1.29, 1.82) is 0 Å². The zero-order valence-corrected chi connectivity index (χ0v) is 6.06. The third kappa shape index (κ3) is 965. The van der Waals surface area contributed by atoms with Crippen LogP contribution < -0.4 is 0 Å². The molecule has 0 rings (SSSR count). The maximum atomic E-state index is 8.53. The molecule has 0 unspecified atom stereocenters. The Morgan fingerprint density at radius 2 is 1.17 bits per heavy atom. The molecule has 0 aliphatic heterocycles. The van der Waals surface area contributed by atoms with E-state index in [4.69, 9.17) is 6.94 Å². The molecule has 2 nitrogen and oxygen atoms in total. The van der Waals surface area contributed by atoms with Gasteiger partial charge in [-0.2, -0.15) is 0 Å². The quantitative estimate of drug-likeness (QED) is 0.468. The minimum atomic E-state index is -2.17. The molecule has 0 fully saturated rings. The summed E-state index contributed by atoms with van der Waals surface area (Å²) in [4.78, 5) is 0. The Morgan fingerprint density at radius 1 is 1.17 bits per heavy atom. The van der Waals surface area contributed by atoms with Gasteiger partial charge in [-0.1, -0.05) is 0 Å². The summed E-state index contributed by atoms with van der Waals surface area (Å²) in [5, 5.41) is 0. The van der Waals surface area contributed by atoms with Crippen molar-refractivity contribution in [2.24, 2.45) is 0 Å². The van der Waals surface area contributed by atoms with Gasteiger partial charge in [-0.3, -0.25) is 0 Å². The van der Waals surface area contributed by atoms with E-state index >= 15 is 0 Å². The van der Waals surface area contributed by atoms with E-state index in [0.717, 1.165) is 0 Å². The number of hydrogen-bond donors (Lipinski definition) is 0. The molecule has 3 heteroatoms. The summed E-state index contributed by atoms with van der Waals surface area (Å²) in [6.07, 6.45) is 8.00. The van der Waals surface area contributed by atoms with E-state index < -0.39 is 17.9 Å². The van der Waals surface area contributed by atoms with Gasteiger partial charge >= 0.3 is 24.8 Å². The summed E-state index contributed by atoms with van der Waals surface area (Å²) < 4.78 is 17.1. The molecule has 0 saturated heterocycles. The van der Waals surface area contributed by atoms with Crippen molar-refractivity contribution >= 4 is 0 Å². The first-order valence-corrected chi connectivity index (χ1v) is 2.86. The molecule has 0 radical (unpaired) electrons. The van der Waals surface area contributed by atoms with Crippen molar-refractivity contribution in [2.45, 2.75) is 0 Å². The summed E-state index contributed by atoms with van der Waals surface area (Å²) in [6, 6.07) is 0. The summed E-state index contributed by atoms with van der Waals surface area (Å²) >= 11 is -2.17. The Hall–Kier alpha value is -0.178. The zero-order valence-electron chi connectivity index (χ0n) is 3.35. The van der Waals surface area contributed by atoms with E-state index in [0.29, 0.717) is 0 Å². The molecule has 0 heterocycles. The molecule has 0 aliphatic carbocycles. The van der Waals surface area contributed by atoms with Crippen LogP contribution in [0.4, 0.5) is 0 Å². The van der Waals surface area contributed by atoms with Crippen LogP contribution in [0, 0.1) is 20.3 Å². The van der Waals surface area contributed by atoms with E-state index in [-0.39, 0.29) is 7.43 Å². The summed E-state index contributed by atoms with van der Waals surface area (Å²) in [6.45, 7) is 0. The number of rotatable bonds is 0. The second kappa shape index (κ2) is 104. The molecule has 0 bridgehead atoms. The molecular weight excluding hydrogens is 254 g/mol. The Kier molecular flexibility index (Phi) is 295. The van der Waals surface area contributed by atoms with E-state index in [1.807, 2.05) is 0 Å². The van der Waals surface area contributed by atoms with Crippen LogP contribution in [-0.4, -0.2) is 0 Å². The Balaban J connectivity index is -0.0000000275. The second-order valence-corrected chi connectivity index (χ2v) is 0.516. The van der Waals surface area contributed by atoms with Gasteiger partial charge in [0.25, 0.3) is 0 Å². The topological polar surface area (TPSA) is 34.1 Å².